The van der Waals surface area contributed by atoms with Crippen molar-refractivity contribution in [3.05, 3.63) is 34.9 Å². The highest BCUT2D eigenvalue weighted by Crippen LogP contribution is 2.24. The average Bonchev–Trinajstić information content (AvgIpc) is 2.85. The van der Waals surface area contributed by atoms with Gasteiger partial charge in [0.25, 0.3) is 0 Å². The van der Waals surface area contributed by atoms with E-state index in [0.717, 1.165) is 13.0 Å². The minimum Gasteiger partial charge on any atom is -0.378 e. The predicted octanol–water partition coefficient (Wildman–Crippen LogP) is 3.65. The third-order valence-electron chi connectivity index (χ3n) is 3.90. The van der Waals surface area contributed by atoms with E-state index in [2.05, 4.69) is 32.0 Å². The van der Waals surface area contributed by atoms with Gasteiger partial charge < -0.3 is 10.5 Å². The van der Waals surface area contributed by atoms with E-state index in [1.807, 2.05) is 0 Å². The van der Waals surface area contributed by atoms with Crippen LogP contribution in [0.2, 0.25) is 0 Å². The second kappa shape index (κ2) is 6.35. The summed E-state index contributed by atoms with van der Waals surface area (Å²) in [6, 6.07) is 6.72. The minimum absolute atomic E-state index is 0.173. The van der Waals surface area contributed by atoms with Gasteiger partial charge in [-0.2, -0.15) is 0 Å². The van der Waals surface area contributed by atoms with Crippen LogP contribution in [0.15, 0.2) is 18.2 Å². The SMILES string of the molecule is Cc1ccc(C)c(C(N)CCCC2CCCO2)c1. The maximum Gasteiger partial charge on any atom is 0.0576 e. The molecule has 1 saturated heterocycles. The lowest BCUT2D eigenvalue weighted by molar-refractivity contribution is 0.101. The minimum atomic E-state index is 0.173. The second-order valence-corrected chi connectivity index (χ2v) is 5.53. The molecule has 0 aromatic heterocycles. The second-order valence-electron chi connectivity index (χ2n) is 5.53. The lowest BCUT2D eigenvalue weighted by Gasteiger charge is -2.16. The van der Waals surface area contributed by atoms with E-state index < -0.39 is 0 Å². The van der Waals surface area contributed by atoms with Crippen molar-refractivity contribution in [1.82, 2.24) is 0 Å². The molecule has 18 heavy (non-hydrogen) atoms. The zero-order valence-electron chi connectivity index (χ0n) is 11.6. The van der Waals surface area contributed by atoms with Crippen LogP contribution in [0.1, 0.15) is 54.8 Å². The van der Waals surface area contributed by atoms with Crippen molar-refractivity contribution in [3.8, 4) is 0 Å². The van der Waals surface area contributed by atoms with Crippen molar-refractivity contribution in [2.24, 2.45) is 5.73 Å². The average molecular weight is 247 g/mol. The van der Waals surface area contributed by atoms with E-state index in [0.29, 0.717) is 6.10 Å². The predicted molar refractivity (Wildman–Crippen MR) is 75.7 cm³/mol. The number of rotatable bonds is 5. The Kier molecular flexibility index (Phi) is 4.79. The zero-order chi connectivity index (χ0) is 13.0. The lowest BCUT2D eigenvalue weighted by Crippen LogP contribution is -2.13. The molecule has 2 atom stereocenters. The van der Waals surface area contributed by atoms with Crippen LogP contribution in [0.5, 0.6) is 0 Å². The van der Waals surface area contributed by atoms with Crippen molar-refractivity contribution >= 4 is 0 Å². The van der Waals surface area contributed by atoms with E-state index in [9.17, 15) is 0 Å². The molecule has 0 saturated carbocycles. The standard InChI is InChI=1S/C16H25NO/c1-12-8-9-13(2)15(11-12)16(17)7-3-5-14-6-4-10-18-14/h8-9,11,14,16H,3-7,10,17H2,1-2H3. The molecule has 0 radical (unpaired) electrons. The maximum absolute atomic E-state index is 6.31. The highest BCUT2D eigenvalue weighted by atomic mass is 16.5. The molecule has 2 rings (SSSR count). The number of nitrogens with two attached hydrogens (primary N) is 1. The van der Waals surface area contributed by atoms with Gasteiger partial charge in [-0.15, -0.1) is 0 Å². The van der Waals surface area contributed by atoms with Crippen LogP contribution >= 0.6 is 0 Å². The number of hydrogen-bond donors (Lipinski definition) is 1. The third kappa shape index (κ3) is 3.56. The Hall–Kier alpha value is -0.860. The van der Waals surface area contributed by atoms with E-state index in [1.54, 1.807) is 0 Å². The van der Waals surface area contributed by atoms with Crippen LogP contribution in [0.25, 0.3) is 0 Å². The van der Waals surface area contributed by atoms with Crippen LogP contribution < -0.4 is 5.73 Å². The smallest absolute Gasteiger partial charge is 0.0576 e. The first kappa shape index (κ1) is 13.6. The van der Waals surface area contributed by atoms with Gasteiger partial charge in [-0.25, -0.2) is 0 Å². The summed E-state index contributed by atoms with van der Waals surface area (Å²) in [5.74, 6) is 0. The van der Waals surface area contributed by atoms with Gasteiger partial charge in [-0.1, -0.05) is 23.8 Å². The van der Waals surface area contributed by atoms with Crippen molar-refractivity contribution in [2.45, 2.75) is 58.1 Å². The molecular weight excluding hydrogens is 222 g/mol. The van der Waals surface area contributed by atoms with Crippen LogP contribution in [0.3, 0.4) is 0 Å². The van der Waals surface area contributed by atoms with Gasteiger partial charge in [0.05, 0.1) is 6.10 Å². The Balaban J connectivity index is 1.83. The monoisotopic (exact) mass is 247 g/mol. The Morgan fingerprint density at radius 3 is 2.94 bits per heavy atom. The number of aryl methyl sites for hydroxylation is 2. The molecule has 0 spiro atoms. The van der Waals surface area contributed by atoms with Crippen molar-refractivity contribution < 1.29 is 4.74 Å². The van der Waals surface area contributed by atoms with Gasteiger partial charge in [0, 0.05) is 12.6 Å². The van der Waals surface area contributed by atoms with Crippen LogP contribution in [0.4, 0.5) is 0 Å². The molecule has 1 aromatic rings. The first-order chi connectivity index (χ1) is 8.66. The van der Waals surface area contributed by atoms with Crippen LogP contribution in [-0.2, 0) is 4.74 Å². The molecule has 2 heteroatoms. The summed E-state index contributed by atoms with van der Waals surface area (Å²) in [7, 11) is 0. The summed E-state index contributed by atoms with van der Waals surface area (Å²) in [6.45, 7) is 5.23. The Morgan fingerprint density at radius 1 is 1.39 bits per heavy atom. The molecule has 0 bridgehead atoms. The molecular formula is C16H25NO. The zero-order valence-corrected chi connectivity index (χ0v) is 11.6. The number of ether oxygens (including phenoxy) is 1. The van der Waals surface area contributed by atoms with E-state index in [4.69, 9.17) is 10.5 Å². The molecule has 2 nitrogen and oxygen atoms in total. The maximum atomic E-state index is 6.31. The molecule has 2 N–H and O–H groups in total. The fourth-order valence-electron chi connectivity index (χ4n) is 2.75. The van der Waals surface area contributed by atoms with Crippen molar-refractivity contribution in [3.63, 3.8) is 0 Å². The lowest BCUT2D eigenvalue weighted by atomic mass is 9.95. The fourth-order valence-corrected chi connectivity index (χ4v) is 2.75. The summed E-state index contributed by atoms with van der Waals surface area (Å²) < 4.78 is 5.64. The molecule has 100 valence electrons. The number of hydrogen-bond acceptors (Lipinski definition) is 2. The Bertz CT molecular complexity index is 383. The summed E-state index contributed by atoms with van der Waals surface area (Å²) in [6.07, 6.45) is 6.35. The van der Waals surface area contributed by atoms with Gasteiger partial charge in [0.1, 0.15) is 0 Å². The molecule has 1 aromatic carbocycles. The first-order valence-corrected chi connectivity index (χ1v) is 7.11. The van der Waals surface area contributed by atoms with Crippen molar-refractivity contribution in [1.29, 1.82) is 0 Å². The Labute approximate surface area is 111 Å². The highest BCUT2D eigenvalue weighted by molar-refractivity contribution is 5.32. The van der Waals surface area contributed by atoms with Gasteiger partial charge in [0.2, 0.25) is 0 Å². The molecule has 2 unspecified atom stereocenters. The van der Waals surface area contributed by atoms with Gasteiger partial charge in [-0.05, 0) is 57.1 Å². The van der Waals surface area contributed by atoms with Crippen LogP contribution in [0, 0.1) is 13.8 Å². The van der Waals surface area contributed by atoms with Gasteiger partial charge in [0.15, 0.2) is 0 Å². The van der Waals surface area contributed by atoms with Crippen molar-refractivity contribution in [2.75, 3.05) is 6.61 Å². The van der Waals surface area contributed by atoms with E-state index in [1.165, 1.54) is 42.4 Å². The molecule has 0 amide bonds. The van der Waals surface area contributed by atoms with E-state index in [-0.39, 0.29) is 6.04 Å². The normalized spacial score (nSPS) is 21.2. The molecule has 0 aliphatic carbocycles. The molecule has 1 aliphatic heterocycles. The molecule has 1 heterocycles. The summed E-state index contributed by atoms with van der Waals surface area (Å²) in [4.78, 5) is 0. The molecule has 1 fully saturated rings. The topological polar surface area (TPSA) is 35.2 Å². The quantitative estimate of drug-likeness (QED) is 0.862. The summed E-state index contributed by atoms with van der Waals surface area (Å²) in [5, 5.41) is 0. The first-order valence-electron chi connectivity index (χ1n) is 7.11. The highest BCUT2D eigenvalue weighted by Gasteiger charge is 2.16. The van der Waals surface area contributed by atoms with Crippen LogP contribution in [-0.4, -0.2) is 12.7 Å². The molecule has 1 aliphatic rings. The summed E-state index contributed by atoms with van der Waals surface area (Å²) in [5.41, 5.74) is 10.2. The number of benzene rings is 1. The Morgan fingerprint density at radius 2 is 2.22 bits per heavy atom. The fraction of sp³-hybridized carbons (Fsp3) is 0.625. The summed E-state index contributed by atoms with van der Waals surface area (Å²) >= 11 is 0. The third-order valence-corrected chi connectivity index (χ3v) is 3.90. The van der Waals surface area contributed by atoms with Gasteiger partial charge in [-0.3, -0.25) is 0 Å². The largest absolute Gasteiger partial charge is 0.378 e. The van der Waals surface area contributed by atoms with Gasteiger partial charge >= 0.3 is 0 Å². The van der Waals surface area contributed by atoms with E-state index >= 15 is 0 Å².